The summed E-state index contributed by atoms with van der Waals surface area (Å²) in [6, 6.07) is 3.29. The normalized spacial score (nSPS) is 12.1. The van der Waals surface area contributed by atoms with Gasteiger partial charge in [-0.2, -0.15) is 0 Å². The van der Waals surface area contributed by atoms with Crippen LogP contribution in [-0.4, -0.2) is 24.8 Å². The fraction of sp³-hybridized carbons (Fsp3) is 0.444. The van der Waals surface area contributed by atoms with Crippen molar-refractivity contribution in [2.75, 3.05) is 7.11 Å². The van der Waals surface area contributed by atoms with Gasteiger partial charge in [-0.1, -0.05) is 6.58 Å². The maximum absolute atomic E-state index is 11.9. The molecule has 0 aliphatic rings. The predicted octanol–water partition coefficient (Wildman–Crippen LogP) is 4.79. The van der Waals surface area contributed by atoms with Crippen LogP contribution in [0.3, 0.4) is 0 Å². The summed E-state index contributed by atoms with van der Waals surface area (Å²) in [5.41, 5.74) is 0.307. The molecule has 7 heteroatoms. The largest absolute Gasteiger partial charge is 0.514 e. The van der Waals surface area contributed by atoms with Gasteiger partial charge in [0, 0.05) is 17.2 Å². The van der Waals surface area contributed by atoms with E-state index < -0.39 is 23.8 Å². The number of ether oxygens (including phenoxy) is 4. The molecule has 0 N–H and O–H groups in total. The van der Waals surface area contributed by atoms with Crippen molar-refractivity contribution in [2.24, 2.45) is 0 Å². The molecule has 0 fully saturated rings. The van der Waals surface area contributed by atoms with Crippen LogP contribution in [0.4, 0.5) is 4.79 Å². The predicted molar refractivity (Wildman–Crippen MR) is 102 cm³/mol. The molecule has 138 valence electrons. The molecule has 0 bridgehead atoms. The summed E-state index contributed by atoms with van der Waals surface area (Å²) < 4.78 is 21.7. The number of rotatable bonds is 5. The molecular formula is C18H23IO6. The van der Waals surface area contributed by atoms with Gasteiger partial charge >= 0.3 is 12.1 Å². The van der Waals surface area contributed by atoms with E-state index in [-0.39, 0.29) is 0 Å². The van der Waals surface area contributed by atoms with Gasteiger partial charge in [-0.05, 0) is 63.3 Å². The molecule has 1 aromatic carbocycles. The maximum Gasteiger partial charge on any atom is 0.514 e. The van der Waals surface area contributed by atoms with Crippen molar-refractivity contribution >= 4 is 34.7 Å². The van der Waals surface area contributed by atoms with Crippen LogP contribution in [0, 0.1) is 3.57 Å². The number of benzene rings is 1. The molecule has 6 nitrogen and oxygen atoms in total. The average molecular weight is 462 g/mol. The van der Waals surface area contributed by atoms with E-state index in [1.165, 1.54) is 7.11 Å². The van der Waals surface area contributed by atoms with Crippen LogP contribution < -0.4 is 9.47 Å². The molecule has 0 aliphatic heterocycles. The van der Waals surface area contributed by atoms with Crippen LogP contribution in [0.15, 0.2) is 24.3 Å². The second-order valence-corrected chi connectivity index (χ2v) is 7.58. The third-order valence-corrected chi connectivity index (χ3v) is 3.78. The van der Waals surface area contributed by atoms with Gasteiger partial charge in [-0.25, -0.2) is 9.59 Å². The Hall–Kier alpha value is -1.77. The van der Waals surface area contributed by atoms with E-state index in [2.05, 4.69) is 6.58 Å². The zero-order chi connectivity index (χ0) is 19.4. The number of carbonyl (C=O) groups is 2. The SMILES string of the molecule is C=C(C)C(=O)OC(C)c1cc(I)c(OC(=O)OC(C)(C)C)cc1OC. The van der Waals surface area contributed by atoms with Crippen molar-refractivity contribution in [3.63, 3.8) is 0 Å². The number of carbonyl (C=O) groups excluding carboxylic acids is 2. The maximum atomic E-state index is 11.9. The summed E-state index contributed by atoms with van der Waals surface area (Å²) in [4.78, 5) is 23.6. The molecule has 0 saturated heterocycles. The quantitative estimate of drug-likeness (QED) is 0.271. The lowest BCUT2D eigenvalue weighted by molar-refractivity contribution is -0.143. The van der Waals surface area contributed by atoms with E-state index in [0.29, 0.717) is 26.2 Å². The molecule has 0 saturated carbocycles. The van der Waals surface area contributed by atoms with Crippen molar-refractivity contribution < 1.29 is 28.5 Å². The molecule has 0 aliphatic carbocycles. The van der Waals surface area contributed by atoms with E-state index in [9.17, 15) is 9.59 Å². The Morgan fingerprint density at radius 2 is 1.80 bits per heavy atom. The number of halogens is 1. The summed E-state index contributed by atoms with van der Waals surface area (Å²) in [7, 11) is 1.48. The Morgan fingerprint density at radius 1 is 1.20 bits per heavy atom. The highest BCUT2D eigenvalue weighted by Gasteiger charge is 2.22. The average Bonchev–Trinajstić information content (AvgIpc) is 2.46. The van der Waals surface area contributed by atoms with E-state index >= 15 is 0 Å². The molecule has 0 heterocycles. The van der Waals surface area contributed by atoms with Gasteiger partial charge in [0.25, 0.3) is 0 Å². The summed E-state index contributed by atoms with van der Waals surface area (Å²) in [5, 5.41) is 0. The van der Waals surface area contributed by atoms with Gasteiger partial charge in [-0.3, -0.25) is 0 Å². The first-order chi connectivity index (χ1) is 11.4. The van der Waals surface area contributed by atoms with Gasteiger partial charge in [0.15, 0.2) is 5.75 Å². The topological polar surface area (TPSA) is 71.1 Å². The third-order valence-electron chi connectivity index (χ3n) is 2.94. The fourth-order valence-electron chi connectivity index (χ4n) is 1.81. The lowest BCUT2D eigenvalue weighted by atomic mass is 10.1. The second-order valence-electron chi connectivity index (χ2n) is 6.42. The minimum Gasteiger partial charge on any atom is -0.496 e. The monoisotopic (exact) mass is 462 g/mol. The molecule has 0 amide bonds. The minimum atomic E-state index is -0.804. The Morgan fingerprint density at radius 3 is 2.28 bits per heavy atom. The molecule has 0 radical (unpaired) electrons. The highest BCUT2D eigenvalue weighted by atomic mass is 127. The molecule has 1 rings (SSSR count). The van der Waals surface area contributed by atoms with Crippen molar-refractivity contribution in [3.05, 3.63) is 33.4 Å². The highest BCUT2D eigenvalue weighted by molar-refractivity contribution is 14.1. The van der Waals surface area contributed by atoms with Gasteiger partial charge in [0.05, 0.1) is 10.7 Å². The van der Waals surface area contributed by atoms with Crippen LogP contribution in [0.5, 0.6) is 11.5 Å². The Balaban J connectivity index is 3.05. The zero-order valence-electron chi connectivity index (χ0n) is 15.3. The van der Waals surface area contributed by atoms with Crippen molar-refractivity contribution in [1.82, 2.24) is 0 Å². The summed E-state index contributed by atoms with van der Waals surface area (Å²) in [5.74, 6) is 0.244. The summed E-state index contributed by atoms with van der Waals surface area (Å²) in [6.45, 7) is 12.1. The first-order valence-electron chi connectivity index (χ1n) is 7.59. The van der Waals surface area contributed by atoms with Gasteiger partial charge in [0.2, 0.25) is 0 Å². The van der Waals surface area contributed by atoms with Crippen LogP contribution in [0.25, 0.3) is 0 Å². The van der Waals surface area contributed by atoms with Gasteiger partial charge < -0.3 is 18.9 Å². The number of methoxy groups -OCH3 is 1. The second kappa shape index (κ2) is 8.55. The first-order valence-corrected chi connectivity index (χ1v) is 8.67. The molecular weight excluding hydrogens is 439 g/mol. The Bertz CT molecular complexity index is 675. The zero-order valence-corrected chi connectivity index (χ0v) is 17.4. The molecule has 1 unspecified atom stereocenters. The number of esters is 1. The molecule has 25 heavy (non-hydrogen) atoms. The van der Waals surface area contributed by atoms with E-state index in [0.717, 1.165) is 0 Å². The minimum absolute atomic E-state index is 0.300. The first kappa shape index (κ1) is 21.3. The van der Waals surface area contributed by atoms with Gasteiger partial charge in [0.1, 0.15) is 17.5 Å². The standard InChI is InChI=1S/C18H23IO6/c1-10(2)16(20)23-11(3)12-8-13(19)15(9-14(12)22-7)24-17(21)25-18(4,5)6/h8-9,11H,1H2,2-7H3. The Kier molecular flexibility index (Phi) is 7.28. The Labute approximate surface area is 161 Å². The number of hydrogen-bond donors (Lipinski definition) is 0. The lowest BCUT2D eigenvalue weighted by Crippen LogP contribution is -2.26. The van der Waals surface area contributed by atoms with Crippen LogP contribution >= 0.6 is 22.6 Å². The highest BCUT2D eigenvalue weighted by Crippen LogP contribution is 2.35. The van der Waals surface area contributed by atoms with E-state index in [1.807, 2.05) is 22.6 Å². The van der Waals surface area contributed by atoms with Crippen LogP contribution in [-0.2, 0) is 14.3 Å². The molecule has 1 aromatic rings. The lowest BCUT2D eigenvalue weighted by Gasteiger charge is -2.20. The third kappa shape index (κ3) is 6.56. The molecule has 0 aromatic heterocycles. The molecule has 1 atom stereocenters. The van der Waals surface area contributed by atoms with Crippen molar-refractivity contribution in [2.45, 2.75) is 46.3 Å². The summed E-state index contributed by atoms with van der Waals surface area (Å²) >= 11 is 2.02. The summed E-state index contributed by atoms with van der Waals surface area (Å²) in [6.07, 6.45) is -1.36. The number of hydrogen-bond acceptors (Lipinski definition) is 6. The van der Waals surface area contributed by atoms with Crippen molar-refractivity contribution in [3.8, 4) is 11.5 Å². The van der Waals surface area contributed by atoms with E-state index in [4.69, 9.17) is 18.9 Å². The smallest absolute Gasteiger partial charge is 0.496 e. The van der Waals surface area contributed by atoms with E-state index in [1.54, 1.807) is 46.8 Å². The molecule has 0 spiro atoms. The van der Waals surface area contributed by atoms with Crippen LogP contribution in [0.2, 0.25) is 0 Å². The fourth-order valence-corrected chi connectivity index (χ4v) is 2.41. The van der Waals surface area contributed by atoms with Gasteiger partial charge in [-0.15, -0.1) is 0 Å². The van der Waals surface area contributed by atoms with Crippen molar-refractivity contribution in [1.29, 1.82) is 0 Å². The van der Waals surface area contributed by atoms with Crippen LogP contribution in [0.1, 0.15) is 46.3 Å².